The second-order valence-corrected chi connectivity index (χ2v) is 11.7. The fraction of sp³-hybridized carbons (Fsp3) is 0.200. The number of halogens is 2. The standard InChI is InChI=1S/C35H32Cl2N4O5/c1-22-30(19-41-21-38-32(36)33(41)37)45-34(46-31(22)24-12-10-23(20-42)11-13-24)25-6-5-7-27(18-25)40-35(43)39-26-14-16-29(17-15-26)44-28-8-3-2-4-9-28/h2-18,21-22,30-31,34,42H,19-20H2,1H3,(H2,39,40,43). The van der Waals surface area contributed by atoms with Gasteiger partial charge in [-0.2, -0.15) is 0 Å². The van der Waals surface area contributed by atoms with Crippen molar-refractivity contribution in [1.82, 2.24) is 9.55 Å². The summed E-state index contributed by atoms with van der Waals surface area (Å²) in [7, 11) is 0. The molecule has 6 rings (SSSR count). The number of aromatic nitrogens is 2. The molecule has 1 saturated heterocycles. The molecule has 11 heteroatoms. The molecule has 2 amide bonds. The van der Waals surface area contributed by atoms with Crippen LogP contribution in [0.5, 0.6) is 11.5 Å². The minimum absolute atomic E-state index is 0.0447. The van der Waals surface area contributed by atoms with Crippen LogP contribution < -0.4 is 15.4 Å². The Morgan fingerprint density at radius 3 is 2.28 bits per heavy atom. The SMILES string of the molecule is CC1C(Cn2cnc(Cl)c2Cl)OC(c2cccc(NC(=O)Nc3ccc(Oc4ccccc4)cc3)c2)OC1c1ccc(CO)cc1. The molecule has 0 radical (unpaired) electrons. The Morgan fingerprint density at radius 2 is 1.59 bits per heavy atom. The zero-order chi connectivity index (χ0) is 32.0. The predicted octanol–water partition coefficient (Wildman–Crippen LogP) is 8.61. The number of nitrogens with one attached hydrogen (secondary N) is 2. The number of amides is 2. The van der Waals surface area contributed by atoms with Crippen LogP contribution in [-0.4, -0.2) is 26.8 Å². The number of rotatable bonds is 9. The quantitative estimate of drug-likeness (QED) is 0.146. The number of carbonyl (C=O) groups is 1. The number of aliphatic hydroxyl groups is 1. The van der Waals surface area contributed by atoms with Gasteiger partial charge in [-0.3, -0.25) is 0 Å². The molecule has 4 atom stereocenters. The lowest BCUT2D eigenvalue weighted by molar-refractivity contribution is -0.276. The number of anilines is 2. The molecule has 2 heterocycles. The van der Waals surface area contributed by atoms with Crippen LogP contribution in [0.2, 0.25) is 10.3 Å². The van der Waals surface area contributed by atoms with E-state index in [9.17, 15) is 9.90 Å². The first-order valence-electron chi connectivity index (χ1n) is 14.7. The summed E-state index contributed by atoms with van der Waals surface area (Å²) >= 11 is 12.5. The number of hydrogen-bond donors (Lipinski definition) is 3. The number of imidazole rings is 1. The molecule has 1 aliphatic heterocycles. The van der Waals surface area contributed by atoms with Crippen molar-refractivity contribution >= 4 is 40.6 Å². The summed E-state index contributed by atoms with van der Waals surface area (Å²) < 4.78 is 20.6. The molecule has 46 heavy (non-hydrogen) atoms. The smallest absolute Gasteiger partial charge is 0.323 e. The van der Waals surface area contributed by atoms with E-state index in [2.05, 4.69) is 22.5 Å². The van der Waals surface area contributed by atoms with Crippen molar-refractivity contribution in [2.45, 2.75) is 38.6 Å². The summed E-state index contributed by atoms with van der Waals surface area (Å²) in [6.07, 6.45) is 0.188. The van der Waals surface area contributed by atoms with Crippen molar-refractivity contribution in [1.29, 1.82) is 0 Å². The molecular formula is C35H32Cl2N4O5. The fourth-order valence-electron chi connectivity index (χ4n) is 5.28. The van der Waals surface area contributed by atoms with E-state index in [0.29, 0.717) is 28.8 Å². The monoisotopic (exact) mass is 658 g/mol. The Balaban J connectivity index is 1.16. The van der Waals surface area contributed by atoms with Gasteiger partial charge in [-0.05, 0) is 59.7 Å². The molecule has 5 aromatic rings. The second-order valence-electron chi connectivity index (χ2n) is 10.9. The Hall–Kier alpha value is -4.38. The molecule has 0 bridgehead atoms. The number of para-hydroxylation sites is 1. The molecule has 0 spiro atoms. The molecular weight excluding hydrogens is 627 g/mol. The maximum Gasteiger partial charge on any atom is 0.323 e. The van der Waals surface area contributed by atoms with Gasteiger partial charge < -0.3 is 34.5 Å². The zero-order valence-electron chi connectivity index (χ0n) is 24.8. The fourth-order valence-corrected chi connectivity index (χ4v) is 5.59. The highest BCUT2D eigenvalue weighted by Crippen LogP contribution is 2.42. The third-order valence-corrected chi connectivity index (χ3v) is 8.51. The number of aliphatic hydroxyl groups excluding tert-OH is 1. The van der Waals surface area contributed by atoms with E-state index in [0.717, 1.165) is 22.4 Å². The lowest BCUT2D eigenvalue weighted by atomic mass is 9.90. The van der Waals surface area contributed by atoms with Crippen molar-refractivity contribution in [3.05, 3.63) is 136 Å². The third kappa shape index (κ3) is 7.52. The van der Waals surface area contributed by atoms with Gasteiger partial charge in [0.2, 0.25) is 0 Å². The minimum Gasteiger partial charge on any atom is -0.457 e. The number of benzene rings is 4. The number of nitrogens with zero attached hydrogens (tertiary/aromatic N) is 2. The summed E-state index contributed by atoms with van der Waals surface area (Å²) in [5, 5.41) is 15.8. The first-order valence-corrected chi connectivity index (χ1v) is 15.5. The van der Waals surface area contributed by atoms with Gasteiger partial charge in [0.25, 0.3) is 0 Å². The van der Waals surface area contributed by atoms with Crippen LogP contribution in [-0.2, 0) is 22.6 Å². The van der Waals surface area contributed by atoms with Gasteiger partial charge in [0.1, 0.15) is 16.7 Å². The first-order chi connectivity index (χ1) is 22.4. The molecule has 3 N–H and O–H groups in total. The third-order valence-electron chi connectivity index (χ3n) is 7.74. The van der Waals surface area contributed by atoms with Gasteiger partial charge in [0.15, 0.2) is 11.4 Å². The summed E-state index contributed by atoms with van der Waals surface area (Å²) in [5.74, 6) is 1.31. The van der Waals surface area contributed by atoms with Crippen LogP contribution in [0.1, 0.15) is 36.0 Å². The van der Waals surface area contributed by atoms with E-state index in [-0.39, 0.29) is 29.9 Å². The van der Waals surface area contributed by atoms with E-state index < -0.39 is 12.3 Å². The van der Waals surface area contributed by atoms with Crippen molar-refractivity contribution in [3.8, 4) is 11.5 Å². The van der Waals surface area contributed by atoms with Crippen molar-refractivity contribution in [2.75, 3.05) is 10.6 Å². The van der Waals surface area contributed by atoms with Gasteiger partial charge in [0, 0.05) is 22.9 Å². The van der Waals surface area contributed by atoms with E-state index >= 15 is 0 Å². The average molecular weight is 660 g/mol. The van der Waals surface area contributed by atoms with Gasteiger partial charge in [-0.1, -0.05) is 84.7 Å². The minimum atomic E-state index is -0.747. The highest BCUT2D eigenvalue weighted by Gasteiger charge is 2.39. The van der Waals surface area contributed by atoms with Crippen molar-refractivity contribution in [2.24, 2.45) is 5.92 Å². The maximum atomic E-state index is 12.9. The molecule has 236 valence electrons. The molecule has 1 aliphatic rings. The molecule has 4 unspecified atom stereocenters. The molecule has 1 aromatic heterocycles. The highest BCUT2D eigenvalue weighted by molar-refractivity contribution is 6.40. The van der Waals surface area contributed by atoms with Crippen LogP contribution in [0.25, 0.3) is 0 Å². The van der Waals surface area contributed by atoms with Gasteiger partial charge >= 0.3 is 6.03 Å². The normalized spacial score (nSPS) is 19.4. The summed E-state index contributed by atoms with van der Waals surface area (Å²) in [5.41, 5.74) is 3.66. The van der Waals surface area contributed by atoms with Gasteiger partial charge in [-0.15, -0.1) is 0 Å². The Kier molecular flexibility index (Phi) is 9.87. The number of hydrogen-bond acceptors (Lipinski definition) is 6. The number of ether oxygens (including phenoxy) is 3. The molecule has 9 nitrogen and oxygen atoms in total. The van der Waals surface area contributed by atoms with E-state index in [1.807, 2.05) is 72.8 Å². The largest absolute Gasteiger partial charge is 0.457 e. The van der Waals surface area contributed by atoms with Crippen LogP contribution in [0.15, 0.2) is 109 Å². The van der Waals surface area contributed by atoms with Crippen LogP contribution in [0.4, 0.5) is 16.2 Å². The Bertz CT molecular complexity index is 1770. The van der Waals surface area contributed by atoms with Crippen LogP contribution >= 0.6 is 23.2 Å². The van der Waals surface area contributed by atoms with E-state index in [1.54, 1.807) is 41.2 Å². The molecule has 4 aromatic carbocycles. The summed E-state index contributed by atoms with van der Waals surface area (Å²) in [6.45, 7) is 2.41. The van der Waals surface area contributed by atoms with Crippen LogP contribution in [0, 0.1) is 5.92 Å². The second kappa shape index (κ2) is 14.4. The Labute approximate surface area is 276 Å². The van der Waals surface area contributed by atoms with Crippen molar-refractivity contribution < 1.29 is 24.1 Å². The maximum absolute atomic E-state index is 12.9. The van der Waals surface area contributed by atoms with E-state index in [4.69, 9.17) is 37.4 Å². The predicted molar refractivity (Wildman–Crippen MR) is 177 cm³/mol. The summed E-state index contributed by atoms with van der Waals surface area (Å²) in [6, 6.07) is 31.2. The highest BCUT2D eigenvalue weighted by atomic mass is 35.5. The zero-order valence-corrected chi connectivity index (χ0v) is 26.4. The van der Waals surface area contributed by atoms with Crippen molar-refractivity contribution in [3.63, 3.8) is 0 Å². The van der Waals surface area contributed by atoms with Crippen LogP contribution in [0.3, 0.4) is 0 Å². The number of carbonyl (C=O) groups excluding carboxylic acids is 1. The lowest BCUT2D eigenvalue weighted by Crippen LogP contribution is -2.39. The van der Waals surface area contributed by atoms with Gasteiger partial charge in [-0.25, -0.2) is 9.78 Å². The summed E-state index contributed by atoms with van der Waals surface area (Å²) in [4.78, 5) is 17.0. The van der Waals surface area contributed by atoms with E-state index in [1.165, 1.54) is 0 Å². The number of urea groups is 1. The first kappa shape index (κ1) is 31.6. The lowest BCUT2D eigenvalue weighted by Gasteiger charge is -2.41. The molecule has 0 aliphatic carbocycles. The van der Waals surface area contributed by atoms with Gasteiger partial charge in [0.05, 0.1) is 31.7 Å². The average Bonchev–Trinajstić information content (AvgIpc) is 3.39. The Morgan fingerprint density at radius 1 is 0.870 bits per heavy atom. The topological polar surface area (TPSA) is 107 Å². The molecule has 1 fully saturated rings. The molecule has 0 saturated carbocycles.